The van der Waals surface area contributed by atoms with Gasteiger partial charge in [-0.05, 0) is 37.0 Å². The van der Waals surface area contributed by atoms with Crippen LogP contribution in [0.5, 0.6) is 0 Å². The number of carbonyl (C=O) groups excluding carboxylic acids is 3. The number of aromatic nitrogens is 1. The Morgan fingerprint density at radius 2 is 1.61 bits per heavy atom. The van der Waals surface area contributed by atoms with Crippen molar-refractivity contribution < 1.29 is 14.4 Å². The van der Waals surface area contributed by atoms with Gasteiger partial charge in [-0.25, -0.2) is 0 Å². The van der Waals surface area contributed by atoms with E-state index in [-0.39, 0.29) is 36.7 Å². The Labute approximate surface area is 193 Å². The van der Waals surface area contributed by atoms with Crippen molar-refractivity contribution in [2.75, 3.05) is 6.54 Å². The molecule has 172 valence electrons. The highest BCUT2D eigenvalue weighted by atomic mass is 16.2. The van der Waals surface area contributed by atoms with E-state index < -0.39 is 5.54 Å². The molecule has 0 spiro atoms. The van der Waals surface area contributed by atoms with E-state index in [2.05, 4.69) is 20.9 Å². The lowest BCUT2D eigenvalue weighted by molar-refractivity contribution is -0.133. The molecule has 1 saturated heterocycles. The summed E-state index contributed by atoms with van der Waals surface area (Å²) in [7, 11) is 0. The Hall–Kier alpha value is -3.61. The fourth-order valence-electron chi connectivity index (χ4n) is 4.38. The van der Waals surface area contributed by atoms with Crippen LogP contribution in [0.4, 0.5) is 0 Å². The van der Waals surface area contributed by atoms with Gasteiger partial charge in [0.1, 0.15) is 5.54 Å². The molecule has 1 aliphatic heterocycles. The molecule has 0 bridgehead atoms. The van der Waals surface area contributed by atoms with Crippen molar-refractivity contribution in [2.24, 2.45) is 0 Å². The van der Waals surface area contributed by atoms with E-state index in [1.165, 1.54) is 0 Å². The summed E-state index contributed by atoms with van der Waals surface area (Å²) in [4.78, 5) is 41.9. The van der Waals surface area contributed by atoms with Crippen molar-refractivity contribution in [3.05, 3.63) is 71.9 Å². The van der Waals surface area contributed by atoms with Crippen LogP contribution in [0.2, 0.25) is 0 Å². The SMILES string of the molecule is C[C@]1(Cc2c[nH]c3ccccc23)NC(=O)CCCCC(=O)N[C@H](c2ccccc2)CNC1=O. The van der Waals surface area contributed by atoms with Crippen LogP contribution in [0, 0.1) is 0 Å². The zero-order valence-electron chi connectivity index (χ0n) is 18.8. The summed E-state index contributed by atoms with van der Waals surface area (Å²) in [5, 5.41) is 10.0. The third-order valence-electron chi connectivity index (χ3n) is 6.20. The first-order chi connectivity index (χ1) is 15.9. The van der Waals surface area contributed by atoms with E-state index in [9.17, 15) is 14.4 Å². The van der Waals surface area contributed by atoms with Crippen LogP contribution in [0.3, 0.4) is 0 Å². The molecule has 3 aromatic rings. The van der Waals surface area contributed by atoms with E-state index in [1.807, 2.05) is 60.8 Å². The minimum absolute atomic E-state index is 0.0840. The second kappa shape index (κ2) is 9.90. The largest absolute Gasteiger partial charge is 0.361 e. The zero-order chi connectivity index (χ0) is 23.3. The lowest BCUT2D eigenvalue weighted by atomic mass is 9.90. The topological polar surface area (TPSA) is 103 Å². The van der Waals surface area contributed by atoms with Crippen LogP contribution < -0.4 is 16.0 Å². The Morgan fingerprint density at radius 3 is 2.39 bits per heavy atom. The Kier molecular flexibility index (Phi) is 6.77. The fourth-order valence-corrected chi connectivity index (χ4v) is 4.38. The molecule has 0 radical (unpaired) electrons. The maximum atomic E-state index is 13.5. The molecule has 7 nitrogen and oxygen atoms in total. The van der Waals surface area contributed by atoms with E-state index in [0.717, 1.165) is 22.0 Å². The molecular weight excluding hydrogens is 416 g/mol. The van der Waals surface area contributed by atoms with Gasteiger partial charge in [0.05, 0.1) is 6.04 Å². The Bertz CT molecular complexity index is 1140. The molecule has 0 unspecified atom stereocenters. The van der Waals surface area contributed by atoms with Crippen LogP contribution in [0.15, 0.2) is 60.8 Å². The summed E-state index contributed by atoms with van der Waals surface area (Å²) in [5.74, 6) is -0.554. The van der Waals surface area contributed by atoms with Crippen molar-refractivity contribution in [2.45, 2.75) is 50.6 Å². The predicted molar refractivity (Wildman–Crippen MR) is 127 cm³/mol. The van der Waals surface area contributed by atoms with E-state index in [0.29, 0.717) is 25.7 Å². The minimum Gasteiger partial charge on any atom is -0.361 e. The lowest BCUT2D eigenvalue weighted by Gasteiger charge is -2.30. The van der Waals surface area contributed by atoms with Gasteiger partial charge in [0.15, 0.2) is 0 Å². The van der Waals surface area contributed by atoms with Gasteiger partial charge in [0.25, 0.3) is 0 Å². The summed E-state index contributed by atoms with van der Waals surface area (Å²) >= 11 is 0. The molecule has 33 heavy (non-hydrogen) atoms. The first-order valence-electron chi connectivity index (χ1n) is 11.4. The second-order valence-corrected chi connectivity index (χ2v) is 8.86. The summed E-state index contributed by atoms with van der Waals surface area (Å²) < 4.78 is 0. The molecule has 7 heteroatoms. The number of nitrogens with one attached hydrogen (secondary N) is 4. The van der Waals surface area contributed by atoms with Crippen LogP contribution in [-0.4, -0.2) is 34.8 Å². The van der Waals surface area contributed by atoms with Crippen molar-refractivity contribution in [1.82, 2.24) is 20.9 Å². The number of hydrogen-bond acceptors (Lipinski definition) is 3. The molecule has 4 rings (SSSR count). The van der Waals surface area contributed by atoms with Crippen LogP contribution in [0.25, 0.3) is 10.9 Å². The highest BCUT2D eigenvalue weighted by Gasteiger charge is 2.36. The molecule has 1 fully saturated rings. The van der Waals surface area contributed by atoms with Crippen LogP contribution >= 0.6 is 0 Å². The molecule has 3 amide bonds. The zero-order valence-corrected chi connectivity index (χ0v) is 18.8. The van der Waals surface area contributed by atoms with Crippen molar-refractivity contribution >= 4 is 28.6 Å². The molecule has 4 N–H and O–H groups in total. The van der Waals surface area contributed by atoms with Gasteiger partial charge in [-0.15, -0.1) is 0 Å². The van der Waals surface area contributed by atoms with Gasteiger partial charge in [-0.1, -0.05) is 48.5 Å². The summed E-state index contributed by atoms with van der Waals surface area (Å²) in [5.41, 5.74) is 1.73. The van der Waals surface area contributed by atoms with Gasteiger partial charge >= 0.3 is 0 Å². The highest BCUT2D eigenvalue weighted by molar-refractivity contribution is 5.93. The first-order valence-corrected chi connectivity index (χ1v) is 11.4. The number of aromatic amines is 1. The van der Waals surface area contributed by atoms with E-state index >= 15 is 0 Å². The molecular formula is C26H30N4O3. The standard InChI is InChI=1S/C26H30N4O3/c1-26(15-19-16-27-21-12-6-5-11-20(19)21)25(33)28-17-22(18-9-3-2-4-10-18)29-23(31)13-7-8-14-24(32)30-26/h2-6,9-12,16,22,27H,7-8,13-15,17H2,1H3,(H,28,33)(H,29,31)(H,30,32)/t22-,26+/m0/s1. The second-order valence-electron chi connectivity index (χ2n) is 8.86. The molecule has 0 saturated carbocycles. The molecule has 1 aromatic heterocycles. The van der Waals surface area contributed by atoms with Gasteiger partial charge < -0.3 is 20.9 Å². The van der Waals surface area contributed by atoms with Gasteiger partial charge in [-0.2, -0.15) is 0 Å². The number of hydrogen-bond donors (Lipinski definition) is 4. The predicted octanol–water partition coefficient (Wildman–Crippen LogP) is 3.13. The number of fused-ring (bicyclic) bond motifs is 1. The number of H-pyrrole nitrogens is 1. The summed E-state index contributed by atoms with van der Waals surface area (Å²) in [6, 6.07) is 17.1. The molecule has 2 aromatic carbocycles. The smallest absolute Gasteiger partial charge is 0.245 e. The number of benzene rings is 2. The first kappa shape index (κ1) is 22.6. The van der Waals surface area contributed by atoms with Crippen molar-refractivity contribution in [3.8, 4) is 0 Å². The van der Waals surface area contributed by atoms with Gasteiger partial charge in [0.2, 0.25) is 17.7 Å². The number of carbonyl (C=O) groups is 3. The third kappa shape index (κ3) is 5.42. The molecule has 0 aliphatic carbocycles. The quantitative estimate of drug-likeness (QED) is 0.497. The maximum absolute atomic E-state index is 13.5. The van der Waals surface area contributed by atoms with Gasteiger partial charge in [-0.3, -0.25) is 14.4 Å². The van der Waals surface area contributed by atoms with Crippen molar-refractivity contribution in [3.63, 3.8) is 0 Å². The molecule has 1 aliphatic rings. The number of para-hydroxylation sites is 1. The van der Waals surface area contributed by atoms with E-state index in [4.69, 9.17) is 0 Å². The normalized spacial score (nSPS) is 22.9. The van der Waals surface area contributed by atoms with E-state index in [1.54, 1.807) is 6.92 Å². The monoisotopic (exact) mass is 446 g/mol. The van der Waals surface area contributed by atoms with Crippen LogP contribution in [-0.2, 0) is 20.8 Å². The number of rotatable bonds is 3. The lowest BCUT2D eigenvalue weighted by Crippen LogP contribution is -2.59. The minimum atomic E-state index is -1.14. The molecule has 2 atom stereocenters. The third-order valence-corrected chi connectivity index (χ3v) is 6.20. The van der Waals surface area contributed by atoms with Gasteiger partial charge in [0, 0.05) is 42.9 Å². The fraction of sp³-hybridized carbons (Fsp3) is 0.346. The maximum Gasteiger partial charge on any atom is 0.245 e. The average Bonchev–Trinajstić information content (AvgIpc) is 3.22. The Morgan fingerprint density at radius 1 is 0.909 bits per heavy atom. The summed E-state index contributed by atoms with van der Waals surface area (Å²) in [6.45, 7) is 1.99. The summed E-state index contributed by atoms with van der Waals surface area (Å²) in [6.07, 6.45) is 4.05. The van der Waals surface area contributed by atoms with Crippen molar-refractivity contribution in [1.29, 1.82) is 0 Å². The molecule has 2 heterocycles. The Balaban J connectivity index is 1.61. The number of amides is 3. The average molecular weight is 447 g/mol. The highest BCUT2D eigenvalue weighted by Crippen LogP contribution is 2.24. The van der Waals surface area contributed by atoms with Crippen LogP contribution in [0.1, 0.15) is 49.8 Å².